The van der Waals surface area contributed by atoms with Gasteiger partial charge in [-0.3, -0.25) is 0 Å². The minimum atomic E-state index is 0.343. The average Bonchev–Trinajstić information content (AvgIpc) is 2.97. The minimum absolute atomic E-state index is 0.343. The molecule has 1 aromatic carbocycles. The van der Waals surface area contributed by atoms with Crippen LogP contribution in [0.25, 0.3) is 0 Å². The van der Waals surface area contributed by atoms with E-state index in [1.54, 1.807) is 0 Å². The van der Waals surface area contributed by atoms with Gasteiger partial charge in [0.15, 0.2) is 11.5 Å². The van der Waals surface area contributed by atoms with Crippen molar-refractivity contribution in [1.82, 2.24) is 4.98 Å². The molecule has 0 fully saturated rings. The van der Waals surface area contributed by atoms with Crippen molar-refractivity contribution in [2.75, 3.05) is 6.79 Å². The highest BCUT2D eigenvalue weighted by Gasteiger charge is 2.12. The fourth-order valence-corrected chi connectivity index (χ4v) is 1.90. The van der Waals surface area contributed by atoms with Crippen LogP contribution in [0.5, 0.6) is 11.5 Å². The van der Waals surface area contributed by atoms with Crippen molar-refractivity contribution in [3.05, 3.63) is 47.8 Å². The second-order valence-corrected chi connectivity index (χ2v) is 3.88. The lowest BCUT2D eigenvalue weighted by Crippen LogP contribution is -1.93. The first kappa shape index (κ1) is 9.33. The number of hydrogen-bond donors (Lipinski definition) is 1. The molecule has 3 heteroatoms. The Labute approximate surface area is 94.0 Å². The fourth-order valence-electron chi connectivity index (χ4n) is 1.90. The quantitative estimate of drug-likeness (QED) is 0.853. The molecule has 0 aliphatic carbocycles. The molecule has 1 aliphatic rings. The van der Waals surface area contributed by atoms with Gasteiger partial charge in [0, 0.05) is 11.9 Å². The lowest BCUT2D eigenvalue weighted by atomic mass is 10.1. The first-order valence-electron chi connectivity index (χ1n) is 5.42. The summed E-state index contributed by atoms with van der Waals surface area (Å²) in [4.78, 5) is 3.20. The smallest absolute Gasteiger partial charge is 0.231 e. The van der Waals surface area contributed by atoms with Gasteiger partial charge in [0.2, 0.25) is 6.79 Å². The van der Waals surface area contributed by atoms with Crippen molar-refractivity contribution in [2.45, 2.75) is 12.8 Å². The normalized spacial score (nSPS) is 13.0. The Kier molecular flexibility index (Phi) is 2.29. The van der Waals surface area contributed by atoms with Gasteiger partial charge in [0.05, 0.1) is 0 Å². The predicted octanol–water partition coefficient (Wildman–Crippen LogP) is 2.53. The monoisotopic (exact) mass is 215 g/mol. The van der Waals surface area contributed by atoms with Gasteiger partial charge in [-0.05, 0) is 42.7 Å². The summed E-state index contributed by atoms with van der Waals surface area (Å²) in [5.41, 5.74) is 2.54. The summed E-state index contributed by atoms with van der Waals surface area (Å²) < 4.78 is 10.6. The van der Waals surface area contributed by atoms with E-state index >= 15 is 0 Å². The van der Waals surface area contributed by atoms with Crippen molar-refractivity contribution in [1.29, 1.82) is 0 Å². The summed E-state index contributed by atoms with van der Waals surface area (Å²) in [6.45, 7) is 0.343. The van der Waals surface area contributed by atoms with E-state index < -0.39 is 0 Å². The fraction of sp³-hybridized carbons (Fsp3) is 0.231. The van der Waals surface area contributed by atoms with E-state index in [2.05, 4.69) is 23.2 Å². The first-order valence-corrected chi connectivity index (χ1v) is 5.42. The summed E-state index contributed by atoms with van der Waals surface area (Å²) in [5.74, 6) is 1.72. The number of rotatable bonds is 3. The molecule has 0 saturated carbocycles. The predicted molar refractivity (Wildman–Crippen MR) is 60.8 cm³/mol. The lowest BCUT2D eigenvalue weighted by Gasteiger charge is -2.02. The third kappa shape index (κ3) is 1.76. The van der Waals surface area contributed by atoms with E-state index in [1.807, 2.05) is 18.3 Å². The molecule has 0 amide bonds. The molecule has 0 spiro atoms. The van der Waals surface area contributed by atoms with E-state index in [0.717, 1.165) is 24.3 Å². The Morgan fingerprint density at radius 1 is 1.06 bits per heavy atom. The summed E-state index contributed by atoms with van der Waals surface area (Å²) >= 11 is 0. The van der Waals surface area contributed by atoms with E-state index in [1.165, 1.54) is 11.3 Å². The van der Waals surface area contributed by atoms with Crippen molar-refractivity contribution < 1.29 is 9.47 Å². The SMILES string of the molecule is c1c[nH]c(CCc2ccc3c(c2)OCO3)c1. The third-order valence-electron chi connectivity index (χ3n) is 2.78. The highest BCUT2D eigenvalue weighted by Crippen LogP contribution is 2.32. The topological polar surface area (TPSA) is 34.2 Å². The number of aromatic nitrogens is 1. The van der Waals surface area contributed by atoms with E-state index in [0.29, 0.717) is 6.79 Å². The van der Waals surface area contributed by atoms with E-state index in [4.69, 9.17) is 9.47 Å². The van der Waals surface area contributed by atoms with Gasteiger partial charge in [-0.2, -0.15) is 0 Å². The zero-order chi connectivity index (χ0) is 10.8. The molecule has 1 aromatic heterocycles. The summed E-state index contributed by atoms with van der Waals surface area (Å²) in [6.07, 6.45) is 3.98. The summed E-state index contributed by atoms with van der Waals surface area (Å²) in [6, 6.07) is 10.3. The van der Waals surface area contributed by atoms with Gasteiger partial charge < -0.3 is 14.5 Å². The second kappa shape index (κ2) is 3.93. The Bertz CT molecular complexity index is 477. The number of benzene rings is 1. The highest BCUT2D eigenvalue weighted by atomic mass is 16.7. The van der Waals surface area contributed by atoms with Crippen molar-refractivity contribution in [3.63, 3.8) is 0 Å². The molecule has 0 saturated heterocycles. The van der Waals surface area contributed by atoms with Crippen LogP contribution in [0.2, 0.25) is 0 Å². The maximum atomic E-state index is 5.35. The van der Waals surface area contributed by atoms with E-state index in [9.17, 15) is 0 Å². The van der Waals surface area contributed by atoms with Crippen LogP contribution in [0.4, 0.5) is 0 Å². The van der Waals surface area contributed by atoms with Crippen LogP contribution in [0.3, 0.4) is 0 Å². The molecule has 2 heterocycles. The zero-order valence-corrected chi connectivity index (χ0v) is 8.90. The Hall–Kier alpha value is -1.90. The molecule has 2 aromatic rings. The Morgan fingerprint density at radius 3 is 2.88 bits per heavy atom. The molecule has 0 bridgehead atoms. The van der Waals surface area contributed by atoms with Gasteiger partial charge in [-0.15, -0.1) is 0 Å². The third-order valence-corrected chi connectivity index (χ3v) is 2.78. The zero-order valence-electron chi connectivity index (χ0n) is 8.90. The molecular formula is C13H13NO2. The minimum Gasteiger partial charge on any atom is -0.454 e. The Balaban J connectivity index is 1.71. The lowest BCUT2D eigenvalue weighted by molar-refractivity contribution is 0.174. The van der Waals surface area contributed by atoms with E-state index in [-0.39, 0.29) is 0 Å². The standard InChI is InChI=1S/C13H13NO2/c1-2-11(14-7-1)5-3-10-4-6-12-13(8-10)16-9-15-12/h1-2,4,6-8,14H,3,5,9H2. The first-order chi connectivity index (χ1) is 7.92. The van der Waals surface area contributed by atoms with Gasteiger partial charge in [-0.1, -0.05) is 6.07 Å². The van der Waals surface area contributed by atoms with Crippen LogP contribution in [0.15, 0.2) is 36.5 Å². The highest BCUT2D eigenvalue weighted by molar-refractivity contribution is 5.44. The van der Waals surface area contributed by atoms with Gasteiger partial charge in [0.25, 0.3) is 0 Å². The molecule has 0 radical (unpaired) electrons. The van der Waals surface area contributed by atoms with Crippen LogP contribution in [-0.4, -0.2) is 11.8 Å². The molecule has 16 heavy (non-hydrogen) atoms. The molecular weight excluding hydrogens is 202 g/mol. The molecule has 3 rings (SSSR count). The van der Waals surface area contributed by atoms with Crippen LogP contribution >= 0.6 is 0 Å². The molecule has 0 unspecified atom stereocenters. The molecule has 0 atom stereocenters. The van der Waals surface area contributed by atoms with Crippen molar-refractivity contribution in [3.8, 4) is 11.5 Å². The Morgan fingerprint density at radius 2 is 2.00 bits per heavy atom. The van der Waals surface area contributed by atoms with Crippen LogP contribution in [-0.2, 0) is 12.8 Å². The van der Waals surface area contributed by atoms with Gasteiger partial charge >= 0.3 is 0 Å². The van der Waals surface area contributed by atoms with Crippen molar-refractivity contribution >= 4 is 0 Å². The average molecular weight is 215 g/mol. The number of fused-ring (bicyclic) bond motifs is 1. The molecule has 3 nitrogen and oxygen atoms in total. The van der Waals surface area contributed by atoms with Crippen LogP contribution < -0.4 is 9.47 Å². The van der Waals surface area contributed by atoms with Gasteiger partial charge in [-0.25, -0.2) is 0 Å². The summed E-state index contributed by atoms with van der Waals surface area (Å²) in [5, 5.41) is 0. The number of ether oxygens (including phenoxy) is 2. The number of H-pyrrole nitrogens is 1. The maximum absolute atomic E-state index is 5.35. The molecule has 1 aliphatic heterocycles. The van der Waals surface area contributed by atoms with Crippen LogP contribution in [0, 0.1) is 0 Å². The maximum Gasteiger partial charge on any atom is 0.231 e. The molecule has 1 N–H and O–H groups in total. The number of aryl methyl sites for hydroxylation is 2. The number of nitrogens with one attached hydrogen (secondary N) is 1. The second-order valence-electron chi connectivity index (χ2n) is 3.88. The number of aromatic amines is 1. The van der Waals surface area contributed by atoms with Crippen molar-refractivity contribution in [2.24, 2.45) is 0 Å². The van der Waals surface area contributed by atoms with Gasteiger partial charge in [0.1, 0.15) is 0 Å². The summed E-state index contributed by atoms with van der Waals surface area (Å²) in [7, 11) is 0. The number of hydrogen-bond acceptors (Lipinski definition) is 2. The largest absolute Gasteiger partial charge is 0.454 e. The van der Waals surface area contributed by atoms with Crippen LogP contribution in [0.1, 0.15) is 11.3 Å². The molecule has 82 valence electrons.